The molecule has 5 nitrogen and oxygen atoms in total. The van der Waals surface area contributed by atoms with Crippen LogP contribution in [0.3, 0.4) is 0 Å². The molecule has 1 aromatic carbocycles. The molecule has 2 aliphatic rings. The molecule has 7 heteroatoms. The summed E-state index contributed by atoms with van der Waals surface area (Å²) >= 11 is 0. The van der Waals surface area contributed by atoms with E-state index in [1.54, 1.807) is 0 Å². The van der Waals surface area contributed by atoms with Crippen LogP contribution in [-0.4, -0.2) is 54.3 Å². The zero-order valence-corrected chi connectivity index (χ0v) is 26.3. The van der Waals surface area contributed by atoms with Crippen molar-refractivity contribution in [2.45, 2.75) is 121 Å². The zero-order chi connectivity index (χ0) is 26.8. The van der Waals surface area contributed by atoms with Gasteiger partial charge in [0.05, 0.1) is 25.4 Å². The molecule has 36 heavy (non-hydrogen) atoms. The molecule has 1 saturated heterocycles. The van der Waals surface area contributed by atoms with Crippen molar-refractivity contribution in [1.29, 1.82) is 0 Å². The molecule has 2 unspecified atom stereocenters. The van der Waals surface area contributed by atoms with Crippen LogP contribution in [-0.2, 0) is 23.1 Å². The number of benzene rings is 1. The molecule has 0 aromatic heterocycles. The lowest BCUT2D eigenvalue weighted by molar-refractivity contribution is -0.276. The largest absolute Gasteiger partial charge is 0.414 e. The Labute approximate surface area is 222 Å². The Hall–Kier alpha value is -0.806. The summed E-state index contributed by atoms with van der Waals surface area (Å²) in [6.45, 7) is 23.9. The number of hydrogen-bond donors (Lipinski definition) is 0. The first kappa shape index (κ1) is 29.7. The van der Waals surface area contributed by atoms with Gasteiger partial charge in [0, 0.05) is 5.56 Å². The van der Waals surface area contributed by atoms with Crippen molar-refractivity contribution in [3.63, 3.8) is 0 Å². The first-order valence-corrected chi connectivity index (χ1v) is 19.4. The van der Waals surface area contributed by atoms with E-state index in [4.69, 9.17) is 23.1 Å². The summed E-state index contributed by atoms with van der Waals surface area (Å²) in [5.41, 5.74) is 1.04. The maximum absolute atomic E-state index is 6.98. The van der Waals surface area contributed by atoms with Crippen molar-refractivity contribution < 1.29 is 23.1 Å². The summed E-state index contributed by atoms with van der Waals surface area (Å²) in [7, 11) is -3.98. The number of rotatable bonds is 6. The minimum absolute atomic E-state index is 0.0718. The molecule has 2 aliphatic heterocycles. The molecule has 0 N–H and O–H groups in total. The van der Waals surface area contributed by atoms with Crippen molar-refractivity contribution in [1.82, 2.24) is 0 Å². The highest BCUT2D eigenvalue weighted by Crippen LogP contribution is 2.40. The lowest BCUT2D eigenvalue weighted by Crippen LogP contribution is -2.53. The lowest BCUT2D eigenvalue weighted by atomic mass is 10.1. The van der Waals surface area contributed by atoms with Crippen LogP contribution >= 0.6 is 0 Å². The van der Waals surface area contributed by atoms with E-state index in [0.29, 0.717) is 13.2 Å². The third kappa shape index (κ3) is 7.40. The first-order chi connectivity index (χ1) is 16.6. The van der Waals surface area contributed by atoms with Gasteiger partial charge in [-0.3, -0.25) is 0 Å². The fourth-order valence-electron chi connectivity index (χ4n) is 3.95. The normalized spacial score (nSPS) is 29.6. The van der Waals surface area contributed by atoms with E-state index < -0.39 is 16.6 Å². The molecule has 2 heterocycles. The fourth-order valence-corrected chi connectivity index (χ4v) is 6.32. The highest BCUT2D eigenvalue weighted by molar-refractivity contribution is 6.74. The van der Waals surface area contributed by atoms with Gasteiger partial charge in [-0.1, -0.05) is 84.0 Å². The third-order valence-electron chi connectivity index (χ3n) is 8.53. The van der Waals surface area contributed by atoms with Crippen molar-refractivity contribution in [3.8, 4) is 0 Å². The highest BCUT2D eigenvalue weighted by atomic mass is 28.4. The molecule has 1 fully saturated rings. The Morgan fingerprint density at radius 2 is 1.42 bits per heavy atom. The SMILES string of the molecule is CC(C)(C)[Si](C)(C)OCC1O[C@@H]2CO[C@@H](c3ccccc3)O[C@H]2C/C=C\CC1O[Si](C)(C)C(C)(C)C. The van der Waals surface area contributed by atoms with E-state index in [-0.39, 0.29) is 40.8 Å². The Kier molecular flexibility index (Phi) is 9.52. The second kappa shape index (κ2) is 11.5. The molecule has 0 bridgehead atoms. The molecule has 204 valence electrons. The van der Waals surface area contributed by atoms with Crippen molar-refractivity contribution in [2.24, 2.45) is 0 Å². The Morgan fingerprint density at radius 3 is 2.03 bits per heavy atom. The topological polar surface area (TPSA) is 46.2 Å². The predicted octanol–water partition coefficient (Wildman–Crippen LogP) is 7.62. The molecule has 1 aromatic rings. The Morgan fingerprint density at radius 1 is 0.806 bits per heavy atom. The molecule has 0 spiro atoms. The van der Waals surface area contributed by atoms with Crippen molar-refractivity contribution in [3.05, 3.63) is 48.0 Å². The van der Waals surface area contributed by atoms with E-state index >= 15 is 0 Å². The second-order valence-corrected chi connectivity index (χ2v) is 23.0. The van der Waals surface area contributed by atoms with E-state index in [9.17, 15) is 0 Å². The molecule has 0 radical (unpaired) electrons. The molecule has 0 saturated carbocycles. The van der Waals surface area contributed by atoms with Crippen LogP contribution in [0.5, 0.6) is 0 Å². The summed E-state index contributed by atoms with van der Waals surface area (Å²) < 4.78 is 33.2. The number of hydrogen-bond acceptors (Lipinski definition) is 5. The minimum atomic E-state index is -2.02. The minimum Gasteiger partial charge on any atom is -0.414 e. The highest BCUT2D eigenvalue weighted by Gasteiger charge is 2.44. The number of ether oxygens (including phenoxy) is 3. The summed E-state index contributed by atoms with van der Waals surface area (Å²) in [5, 5.41) is 0.242. The van der Waals surface area contributed by atoms with Gasteiger partial charge in [-0.2, -0.15) is 0 Å². The van der Waals surface area contributed by atoms with E-state index in [1.807, 2.05) is 18.2 Å². The van der Waals surface area contributed by atoms with Gasteiger partial charge < -0.3 is 23.1 Å². The quantitative estimate of drug-likeness (QED) is 0.277. The second-order valence-electron chi connectivity index (χ2n) is 13.4. The summed E-state index contributed by atoms with van der Waals surface area (Å²) in [6, 6.07) is 10.2. The summed E-state index contributed by atoms with van der Waals surface area (Å²) in [4.78, 5) is 0. The van der Waals surface area contributed by atoms with Crippen LogP contribution in [0.1, 0.15) is 66.2 Å². The first-order valence-electron chi connectivity index (χ1n) is 13.5. The smallest absolute Gasteiger partial charge is 0.192 e. The van der Waals surface area contributed by atoms with Crippen LogP contribution in [0.4, 0.5) is 0 Å². The summed E-state index contributed by atoms with van der Waals surface area (Å²) in [5.74, 6) is 0. The van der Waals surface area contributed by atoms with E-state index in [0.717, 1.165) is 18.4 Å². The molecule has 0 aliphatic carbocycles. The maximum Gasteiger partial charge on any atom is 0.192 e. The van der Waals surface area contributed by atoms with Gasteiger partial charge >= 0.3 is 0 Å². The van der Waals surface area contributed by atoms with Crippen molar-refractivity contribution in [2.75, 3.05) is 13.2 Å². The summed E-state index contributed by atoms with van der Waals surface area (Å²) in [6.07, 6.45) is 5.19. The van der Waals surface area contributed by atoms with Crippen molar-refractivity contribution >= 4 is 16.6 Å². The number of fused-ring (bicyclic) bond motifs is 1. The standard InChI is InChI=1S/C29H50O5Si2/c1-28(2,3)35(7,8)31-21-26-24(34-36(9,10)29(4,5)6)19-15-14-18-23-25(32-26)20-30-27(33-23)22-16-12-11-13-17-22/h11-17,23-27H,18-21H2,1-10H3/b15-14-/t23-,24?,25+,26?,27+/m0/s1. The van der Waals surface area contributed by atoms with Gasteiger partial charge in [-0.05, 0) is 49.1 Å². The monoisotopic (exact) mass is 534 g/mol. The molecule has 0 amide bonds. The third-order valence-corrected chi connectivity index (χ3v) is 17.5. The Balaban J connectivity index is 1.83. The Bertz CT molecular complexity index is 857. The van der Waals surface area contributed by atoms with E-state index in [1.165, 1.54) is 0 Å². The fraction of sp³-hybridized carbons (Fsp3) is 0.724. The van der Waals surface area contributed by atoms with E-state index in [2.05, 4.69) is 92.0 Å². The molecular weight excluding hydrogens is 484 g/mol. The maximum atomic E-state index is 6.98. The van der Waals surface area contributed by atoms with Crippen LogP contribution < -0.4 is 0 Å². The molecule has 3 rings (SSSR count). The van der Waals surface area contributed by atoms with Gasteiger partial charge in [-0.15, -0.1) is 0 Å². The lowest BCUT2D eigenvalue weighted by Gasteiger charge is -2.44. The van der Waals surface area contributed by atoms with Crippen LogP contribution in [0.2, 0.25) is 36.3 Å². The van der Waals surface area contributed by atoms with Gasteiger partial charge in [0.25, 0.3) is 0 Å². The van der Waals surface area contributed by atoms with Gasteiger partial charge in [-0.25, -0.2) is 0 Å². The zero-order valence-electron chi connectivity index (χ0n) is 24.3. The van der Waals surface area contributed by atoms with Crippen LogP contribution in [0, 0.1) is 0 Å². The average Bonchev–Trinajstić information content (AvgIpc) is 2.85. The molecular formula is C29H50O5Si2. The van der Waals surface area contributed by atoms with Gasteiger partial charge in [0.1, 0.15) is 12.2 Å². The van der Waals surface area contributed by atoms with Crippen LogP contribution in [0.25, 0.3) is 0 Å². The predicted molar refractivity (Wildman–Crippen MR) is 152 cm³/mol. The average molecular weight is 535 g/mol. The van der Waals surface area contributed by atoms with Gasteiger partial charge in [0.15, 0.2) is 22.9 Å². The van der Waals surface area contributed by atoms with Gasteiger partial charge in [0.2, 0.25) is 0 Å². The van der Waals surface area contributed by atoms with Crippen LogP contribution in [0.15, 0.2) is 42.5 Å². The molecule has 5 atom stereocenters.